The van der Waals surface area contributed by atoms with Crippen LogP contribution in [0.15, 0.2) is 11.4 Å². The van der Waals surface area contributed by atoms with E-state index in [-0.39, 0.29) is 10.8 Å². The third kappa shape index (κ3) is 3.06. The van der Waals surface area contributed by atoms with E-state index in [2.05, 4.69) is 5.32 Å². The summed E-state index contributed by atoms with van der Waals surface area (Å²) in [5.74, 6) is -0.587. The van der Waals surface area contributed by atoms with E-state index < -0.39 is 5.97 Å². The van der Waals surface area contributed by atoms with E-state index >= 15 is 0 Å². The van der Waals surface area contributed by atoms with Gasteiger partial charge < -0.3 is 10.4 Å². The van der Waals surface area contributed by atoms with Gasteiger partial charge in [0.05, 0.1) is 5.69 Å². The highest BCUT2D eigenvalue weighted by atomic mass is 32.1. The van der Waals surface area contributed by atoms with Crippen LogP contribution in [0.4, 0.5) is 5.69 Å². The number of thiophene rings is 1. The lowest BCUT2D eigenvalue weighted by Gasteiger charge is -2.09. The molecule has 1 saturated carbocycles. The Hall–Kier alpha value is -1.36. The zero-order valence-corrected chi connectivity index (χ0v) is 10.3. The molecular weight excluding hydrogens is 238 g/mol. The molecule has 0 spiro atoms. The van der Waals surface area contributed by atoms with Gasteiger partial charge in [-0.15, -0.1) is 11.3 Å². The van der Waals surface area contributed by atoms with Crippen LogP contribution < -0.4 is 5.32 Å². The van der Waals surface area contributed by atoms with Crippen LogP contribution in [0.1, 0.15) is 41.8 Å². The molecule has 1 fully saturated rings. The standard InChI is InChI=1S/C12H15NO3S/c14-10(7-8-3-1-2-4-8)13-9-5-6-17-11(9)12(15)16/h5-6,8H,1-4,7H2,(H,13,14)(H,15,16). The normalized spacial score (nSPS) is 16.0. The second-order valence-corrected chi connectivity index (χ2v) is 5.29. The van der Waals surface area contributed by atoms with Crippen LogP contribution in [-0.2, 0) is 4.79 Å². The van der Waals surface area contributed by atoms with E-state index in [0.29, 0.717) is 18.0 Å². The fourth-order valence-electron chi connectivity index (χ4n) is 2.25. The number of carbonyl (C=O) groups is 2. The molecule has 1 aromatic heterocycles. The third-order valence-electron chi connectivity index (χ3n) is 3.08. The van der Waals surface area contributed by atoms with Crippen molar-refractivity contribution >= 4 is 28.9 Å². The molecule has 2 N–H and O–H groups in total. The molecule has 0 bridgehead atoms. The molecule has 1 aliphatic carbocycles. The molecule has 0 aliphatic heterocycles. The summed E-state index contributed by atoms with van der Waals surface area (Å²) in [5, 5.41) is 13.3. The molecule has 0 atom stereocenters. The average Bonchev–Trinajstić information content (AvgIpc) is 2.88. The highest BCUT2D eigenvalue weighted by Crippen LogP contribution is 2.28. The first-order valence-electron chi connectivity index (χ1n) is 5.77. The molecule has 0 saturated heterocycles. The number of carbonyl (C=O) groups excluding carboxylic acids is 1. The van der Waals surface area contributed by atoms with Crippen molar-refractivity contribution in [1.82, 2.24) is 0 Å². The Balaban J connectivity index is 1.93. The van der Waals surface area contributed by atoms with Gasteiger partial charge in [-0.25, -0.2) is 4.79 Å². The lowest BCUT2D eigenvalue weighted by atomic mass is 10.0. The molecule has 92 valence electrons. The fourth-order valence-corrected chi connectivity index (χ4v) is 2.94. The van der Waals surface area contributed by atoms with Gasteiger partial charge in [0.15, 0.2) is 0 Å². The minimum Gasteiger partial charge on any atom is -0.477 e. The number of hydrogen-bond donors (Lipinski definition) is 2. The smallest absolute Gasteiger partial charge is 0.348 e. The van der Waals surface area contributed by atoms with Gasteiger partial charge in [0.1, 0.15) is 4.88 Å². The van der Waals surface area contributed by atoms with E-state index in [1.807, 2.05) is 0 Å². The Labute approximate surface area is 104 Å². The third-order valence-corrected chi connectivity index (χ3v) is 3.98. The maximum Gasteiger partial charge on any atom is 0.348 e. The summed E-state index contributed by atoms with van der Waals surface area (Å²) in [6.07, 6.45) is 5.15. The van der Waals surface area contributed by atoms with Gasteiger partial charge in [-0.1, -0.05) is 12.8 Å². The molecule has 1 heterocycles. The zero-order valence-electron chi connectivity index (χ0n) is 9.44. The van der Waals surface area contributed by atoms with Crippen LogP contribution >= 0.6 is 11.3 Å². The molecule has 0 unspecified atom stereocenters. The first-order valence-corrected chi connectivity index (χ1v) is 6.65. The second kappa shape index (κ2) is 5.31. The number of nitrogens with one attached hydrogen (secondary N) is 1. The highest BCUT2D eigenvalue weighted by Gasteiger charge is 2.20. The largest absolute Gasteiger partial charge is 0.477 e. The van der Waals surface area contributed by atoms with Crippen molar-refractivity contribution in [3.63, 3.8) is 0 Å². The number of aromatic carboxylic acids is 1. The quantitative estimate of drug-likeness (QED) is 0.867. The van der Waals surface area contributed by atoms with Gasteiger partial charge in [-0.2, -0.15) is 0 Å². The summed E-state index contributed by atoms with van der Waals surface area (Å²) in [6, 6.07) is 1.64. The van der Waals surface area contributed by atoms with Crippen LogP contribution in [0.2, 0.25) is 0 Å². The Morgan fingerprint density at radius 3 is 2.76 bits per heavy atom. The van der Waals surface area contributed by atoms with Crippen molar-refractivity contribution < 1.29 is 14.7 Å². The van der Waals surface area contributed by atoms with Crippen LogP contribution in [-0.4, -0.2) is 17.0 Å². The van der Waals surface area contributed by atoms with Gasteiger partial charge in [0.2, 0.25) is 5.91 Å². The molecule has 4 nitrogen and oxygen atoms in total. The van der Waals surface area contributed by atoms with E-state index in [9.17, 15) is 9.59 Å². The van der Waals surface area contributed by atoms with E-state index in [0.717, 1.165) is 24.2 Å². The van der Waals surface area contributed by atoms with Crippen molar-refractivity contribution in [2.24, 2.45) is 5.92 Å². The number of anilines is 1. The highest BCUT2D eigenvalue weighted by molar-refractivity contribution is 7.12. The number of hydrogen-bond acceptors (Lipinski definition) is 3. The monoisotopic (exact) mass is 253 g/mol. The van der Waals surface area contributed by atoms with Crippen LogP contribution in [0, 0.1) is 5.92 Å². The van der Waals surface area contributed by atoms with Gasteiger partial charge in [-0.3, -0.25) is 4.79 Å². The summed E-state index contributed by atoms with van der Waals surface area (Å²) < 4.78 is 0. The molecule has 1 aromatic rings. The predicted octanol–water partition coefficient (Wildman–Crippen LogP) is 2.97. The lowest BCUT2D eigenvalue weighted by Crippen LogP contribution is -2.16. The van der Waals surface area contributed by atoms with Gasteiger partial charge in [-0.05, 0) is 30.2 Å². The van der Waals surface area contributed by atoms with Gasteiger partial charge in [0, 0.05) is 6.42 Å². The first kappa shape index (κ1) is 12.1. The van der Waals surface area contributed by atoms with Crippen LogP contribution in [0.25, 0.3) is 0 Å². The molecule has 1 amide bonds. The Morgan fingerprint density at radius 1 is 1.41 bits per heavy atom. The summed E-state index contributed by atoms with van der Waals surface area (Å²) >= 11 is 1.13. The van der Waals surface area contributed by atoms with Gasteiger partial charge >= 0.3 is 5.97 Å². The van der Waals surface area contributed by atoms with E-state index in [1.165, 1.54) is 12.8 Å². The molecule has 0 aromatic carbocycles. The molecule has 5 heteroatoms. The number of carboxylic acid groups (broad SMARTS) is 1. The lowest BCUT2D eigenvalue weighted by molar-refractivity contribution is -0.117. The topological polar surface area (TPSA) is 66.4 Å². The fraction of sp³-hybridized carbons (Fsp3) is 0.500. The zero-order chi connectivity index (χ0) is 12.3. The van der Waals surface area contributed by atoms with Crippen molar-refractivity contribution in [2.45, 2.75) is 32.1 Å². The molecule has 2 rings (SSSR count). The predicted molar refractivity (Wildman–Crippen MR) is 66.5 cm³/mol. The molecule has 1 aliphatic rings. The average molecular weight is 253 g/mol. The SMILES string of the molecule is O=C(CC1CCCC1)Nc1ccsc1C(=O)O. The summed E-state index contributed by atoms with van der Waals surface area (Å²) in [7, 11) is 0. The summed E-state index contributed by atoms with van der Waals surface area (Å²) in [6.45, 7) is 0. The Morgan fingerprint density at radius 2 is 2.12 bits per heavy atom. The molecular formula is C12H15NO3S. The van der Waals surface area contributed by atoms with Gasteiger partial charge in [0.25, 0.3) is 0 Å². The Kier molecular flexibility index (Phi) is 3.78. The maximum absolute atomic E-state index is 11.7. The summed E-state index contributed by atoms with van der Waals surface area (Å²) in [4.78, 5) is 22.8. The number of amides is 1. The van der Waals surface area contributed by atoms with Crippen molar-refractivity contribution in [3.8, 4) is 0 Å². The number of carboxylic acids is 1. The summed E-state index contributed by atoms with van der Waals surface area (Å²) in [5.41, 5.74) is 0.422. The Bertz CT molecular complexity index is 421. The van der Waals surface area contributed by atoms with E-state index in [4.69, 9.17) is 5.11 Å². The van der Waals surface area contributed by atoms with Crippen molar-refractivity contribution in [1.29, 1.82) is 0 Å². The van der Waals surface area contributed by atoms with E-state index in [1.54, 1.807) is 11.4 Å². The maximum atomic E-state index is 11.7. The second-order valence-electron chi connectivity index (χ2n) is 4.37. The minimum absolute atomic E-state index is 0.0715. The number of rotatable bonds is 4. The minimum atomic E-state index is -0.990. The van der Waals surface area contributed by atoms with Crippen molar-refractivity contribution in [3.05, 3.63) is 16.3 Å². The molecule has 0 radical (unpaired) electrons. The molecule has 17 heavy (non-hydrogen) atoms. The first-order chi connectivity index (χ1) is 8.16. The van der Waals surface area contributed by atoms with Crippen LogP contribution in [0.5, 0.6) is 0 Å². The van der Waals surface area contributed by atoms with Crippen LogP contribution in [0.3, 0.4) is 0 Å². The van der Waals surface area contributed by atoms with Crippen molar-refractivity contribution in [2.75, 3.05) is 5.32 Å².